The molecule has 0 fully saturated rings. The maximum Gasteiger partial charge on any atom is 0.415 e. The van der Waals surface area contributed by atoms with E-state index >= 15 is 0 Å². The van der Waals surface area contributed by atoms with Crippen LogP contribution in [0.4, 0.5) is 10.5 Å². The summed E-state index contributed by atoms with van der Waals surface area (Å²) in [5.41, 5.74) is -0.194. The summed E-state index contributed by atoms with van der Waals surface area (Å²) in [5, 5.41) is 0.454. The molecule has 0 saturated carbocycles. The summed E-state index contributed by atoms with van der Waals surface area (Å²) in [4.78, 5) is 25.8. The zero-order valence-corrected chi connectivity index (χ0v) is 16.3. The third-order valence-corrected chi connectivity index (χ3v) is 3.23. The normalized spacial score (nSPS) is 16.0. The Hall–Kier alpha value is -1.95. The van der Waals surface area contributed by atoms with E-state index in [-0.39, 0.29) is 13.2 Å². The molecule has 0 spiro atoms. The molecule has 1 amide bonds. The topological polar surface area (TPSA) is 65.1 Å². The Balaban J connectivity index is 0.00000151. The molecule has 0 bridgehead atoms. The number of rotatable bonds is 2. The molecule has 1 aliphatic heterocycles. The van der Waals surface area contributed by atoms with Crippen LogP contribution >= 0.6 is 11.6 Å². The monoisotopic (exact) mass is 371 g/mol. The van der Waals surface area contributed by atoms with Gasteiger partial charge >= 0.3 is 12.1 Å². The molecular formula is C18H26ClNO5. The number of carbonyl (C=O) groups excluding carboxylic acids is 2. The highest BCUT2D eigenvalue weighted by molar-refractivity contribution is 6.31. The highest BCUT2D eigenvalue weighted by Gasteiger charge is 2.36. The summed E-state index contributed by atoms with van der Waals surface area (Å²) >= 11 is 6.00. The van der Waals surface area contributed by atoms with Gasteiger partial charge in [0.05, 0.1) is 18.8 Å². The SMILES string of the molecule is CC.CCOC(=O)C1CN(C(=O)OC(C)(C)C)c2cc(Cl)ccc2O1. The second-order valence-corrected chi connectivity index (χ2v) is 6.50. The van der Waals surface area contributed by atoms with Crippen LogP contribution in [0.15, 0.2) is 18.2 Å². The molecule has 1 aromatic rings. The van der Waals surface area contributed by atoms with Crippen molar-refractivity contribution in [3.63, 3.8) is 0 Å². The van der Waals surface area contributed by atoms with Crippen molar-refractivity contribution in [3.05, 3.63) is 23.2 Å². The fourth-order valence-corrected chi connectivity index (χ4v) is 2.27. The van der Waals surface area contributed by atoms with Crippen molar-refractivity contribution in [3.8, 4) is 5.75 Å². The van der Waals surface area contributed by atoms with Crippen LogP contribution in [-0.4, -0.2) is 36.9 Å². The second-order valence-electron chi connectivity index (χ2n) is 6.06. The minimum atomic E-state index is -0.906. The third kappa shape index (κ3) is 5.81. The Bertz CT molecular complexity index is 612. The molecule has 25 heavy (non-hydrogen) atoms. The lowest BCUT2D eigenvalue weighted by Crippen LogP contribution is -2.49. The van der Waals surface area contributed by atoms with Crippen molar-refractivity contribution in [2.75, 3.05) is 18.1 Å². The number of benzene rings is 1. The van der Waals surface area contributed by atoms with Gasteiger partial charge in [0.2, 0.25) is 6.10 Å². The summed E-state index contributed by atoms with van der Waals surface area (Å²) in [7, 11) is 0. The summed E-state index contributed by atoms with van der Waals surface area (Å²) in [6.45, 7) is 11.3. The Kier molecular flexibility index (Phi) is 7.55. The van der Waals surface area contributed by atoms with E-state index in [1.807, 2.05) is 13.8 Å². The van der Waals surface area contributed by atoms with Gasteiger partial charge in [0.15, 0.2) is 0 Å². The van der Waals surface area contributed by atoms with Gasteiger partial charge in [-0.05, 0) is 45.9 Å². The molecule has 0 saturated heterocycles. The lowest BCUT2D eigenvalue weighted by Gasteiger charge is -2.34. The molecule has 0 radical (unpaired) electrons. The minimum Gasteiger partial charge on any atom is -0.475 e. The number of carbonyl (C=O) groups is 2. The van der Waals surface area contributed by atoms with E-state index < -0.39 is 23.8 Å². The second kappa shape index (κ2) is 8.94. The van der Waals surface area contributed by atoms with Crippen LogP contribution in [-0.2, 0) is 14.3 Å². The molecule has 6 nitrogen and oxygen atoms in total. The fourth-order valence-electron chi connectivity index (χ4n) is 2.10. The van der Waals surface area contributed by atoms with Crippen LogP contribution in [0.1, 0.15) is 41.5 Å². The van der Waals surface area contributed by atoms with Crippen LogP contribution in [0.5, 0.6) is 5.75 Å². The van der Waals surface area contributed by atoms with Crippen molar-refractivity contribution in [1.29, 1.82) is 0 Å². The van der Waals surface area contributed by atoms with Crippen LogP contribution in [0, 0.1) is 0 Å². The highest BCUT2D eigenvalue weighted by Crippen LogP contribution is 2.36. The van der Waals surface area contributed by atoms with Gasteiger partial charge in [0.25, 0.3) is 0 Å². The number of hydrogen-bond donors (Lipinski definition) is 0. The first-order valence-corrected chi connectivity index (χ1v) is 8.72. The van der Waals surface area contributed by atoms with Gasteiger partial charge in [0, 0.05) is 5.02 Å². The summed E-state index contributed by atoms with van der Waals surface area (Å²) in [6, 6.07) is 4.84. The smallest absolute Gasteiger partial charge is 0.415 e. The lowest BCUT2D eigenvalue weighted by molar-refractivity contribution is -0.151. The average molecular weight is 372 g/mol. The predicted molar refractivity (Wildman–Crippen MR) is 97.4 cm³/mol. The van der Waals surface area contributed by atoms with Gasteiger partial charge in [-0.1, -0.05) is 25.4 Å². The zero-order valence-electron chi connectivity index (χ0n) is 15.6. The maximum atomic E-state index is 12.5. The van der Waals surface area contributed by atoms with E-state index in [9.17, 15) is 9.59 Å². The third-order valence-electron chi connectivity index (χ3n) is 2.99. The summed E-state index contributed by atoms with van der Waals surface area (Å²) in [5.74, 6) is -0.147. The van der Waals surface area contributed by atoms with Crippen molar-refractivity contribution in [2.24, 2.45) is 0 Å². The first-order valence-electron chi connectivity index (χ1n) is 8.34. The molecule has 1 aromatic carbocycles. The van der Waals surface area contributed by atoms with Gasteiger partial charge in [-0.15, -0.1) is 0 Å². The van der Waals surface area contributed by atoms with Crippen molar-refractivity contribution in [1.82, 2.24) is 0 Å². The van der Waals surface area contributed by atoms with Crippen LogP contribution < -0.4 is 9.64 Å². The number of hydrogen-bond acceptors (Lipinski definition) is 5. The largest absolute Gasteiger partial charge is 0.475 e. The average Bonchev–Trinajstić information content (AvgIpc) is 2.54. The van der Waals surface area contributed by atoms with Crippen molar-refractivity contribution < 1.29 is 23.8 Å². The molecule has 2 rings (SSSR count). The van der Waals surface area contributed by atoms with Gasteiger partial charge < -0.3 is 14.2 Å². The standard InChI is InChI=1S/C16H20ClNO5.C2H6/c1-5-21-14(19)13-9-18(15(20)23-16(2,3)4)11-8-10(17)6-7-12(11)22-13;1-2/h6-8,13H,5,9H2,1-4H3;1-2H3. The molecule has 1 unspecified atom stereocenters. The van der Waals surface area contributed by atoms with E-state index in [2.05, 4.69) is 0 Å². The summed E-state index contributed by atoms with van der Waals surface area (Å²) < 4.78 is 16.0. The molecular weight excluding hydrogens is 346 g/mol. The molecule has 7 heteroatoms. The maximum absolute atomic E-state index is 12.5. The Morgan fingerprint density at radius 1 is 1.32 bits per heavy atom. The first-order chi connectivity index (χ1) is 11.7. The van der Waals surface area contributed by atoms with Gasteiger partial charge in [-0.3, -0.25) is 4.90 Å². The number of ether oxygens (including phenoxy) is 3. The Labute approximate surface area is 154 Å². The van der Waals surface area contributed by atoms with E-state index in [4.69, 9.17) is 25.8 Å². The number of anilines is 1. The molecule has 140 valence electrons. The van der Waals surface area contributed by atoms with Gasteiger partial charge in [-0.2, -0.15) is 0 Å². The van der Waals surface area contributed by atoms with E-state index in [0.29, 0.717) is 16.5 Å². The molecule has 1 heterocycles. The number of esters is 1. The van der Waals surface area contributed by atoms with Crippen molar-refractivity contribution >= 4 is 29.4 Å². The molecule has 0 aromatic heterocycles. The molecule has 1 atom stereocenters. The van der Waals surface area contributed by atoms with Gasteiger partial charge in [-0.25, -0.2) is 9.59 Å². The minimum absolute atomic E-state index is 0.00108. The number of fused-ring (bicyclic) bond motifs is 1. The van der Waals surface area contributed by atoms with E-state index in [0.717, 1.165) is 0 Å². The molecule has 0 aliphatic carbocycles. The first kappa shape index (κ1) is 21.1. The van der Waals surface area contributed by atoms with Crippen LogP contribution in [0.2, 0.25) is 5.02 Å². The number of halogens is 1. The van der Waals surface area contributed by atoms with Crippen LogP contribution in [0.3, 0.4) is 0 Å². The molecule has 0 N–H and O–H groups in total. The number of amides is 1. The fraction of sp³-hybridized carbons (Fsp3) is 0.556. The quantitative estimate of drug-likeness (QED) is 0.719. The van der Waals surface area contributed by atoms with Crippen LogP contribution in [0.25, 0.3) is 0 Å². The highest BCUT2D eigenvalue weighted by atomic mass is 35.5. The predicted octanol–water partition coefficient (Wildman–Crippen LogP) is 4.43. The number of nitrogens with zero attached hydrogens (tertiary/aromatic N) is 1. The molecule has 1 aliphatic rings. The lowest BCUT2D eigenvalue weighted by atomic mass is 10.2. The van der Waals surface area contributed by atoms with E-state index in [1.165, 1.54) is 4.90 Å². The van der Waals surface area contributed by atoms with E-state index in [1.54, 1.807) is 45.9 Å². The summed E-state index contributed by atoms with van der Waals surface area (Å²) in [6.07, 6.45) is -1.48. The zero-order chi connectivity index (χ0) is 19.2. The van der Waals surface area contributed by atoms with Crippen molar-refractivity contribution in [2.45, 2.75) is 53.2 Å². The van der Waals surface area contributed by atoms with Gasteiger partial charge in [0.1, 0.15) is 11.4 Å². The Morgan fingerprint density at radius 2 is 1.96 bits per heavy atom. The Morgan fingerprint density at radius 3 is 2.52 bits per heavy atom.